The molecule has 6 heterocycles. The number of pyridine rings is 3. The molecule has 0 bridgehead atoms. The molecule has 0 saturated carbocycles. The highest BCUT2D eigenvalue weighted by atomic mass is 19.4. The molecule has 0 spiro atoms. The summed E-state index contributed by atoms with van der Waals surface area (Å²) in [5, 5.41) is 8.69. The summed E-state index contributed by atoms with van der Waals surface area (Å²) < 4.78 is 88.2. The summed E-state index contributed by atoms with van der Waals surface area (Å²) in [6.07, 6.45) is -2.29. The molecule has 42 heavy (non-hydrogen) atoms. The van der Waals surface area contributed by atoms with E-state index in [2.05, 4.69) is 25.1 Å². The third-order valence-electron chi connectivity index (χ3n) is 7.15. The van der Waals surface area contributed by atoms with Gasteiger partial charge in [0, 0.05) is 42.9 Å². The van der Waals surface area contributed by atoms with Crippen LogP contribution in [0.3, 0.4) is 0 Å². The van der Waals surface area contributed by atoms with Crippen molar-refractivity contribution < 1.29 is 31.1 Å². The van der Waals surface area contributed by atoms with E-state index in [9.17, 15) is 26.3 Å². The quantitative estimate of drug-likeness (QED) is 0.263. The molecule has 0 aliphatic carbocycles. The van der Waals surface area contributed by atoms with Gasteiger partial charge in [-0.1, -0.05) is 6.07 Å². The fraction of sp³-hybridized carbons (Fsp3) is 0.296. The molecule has 1 aliphatic heterocycles. The Morgan fingerprint density at radius 1 is 0.857 bits per heavy atom. The zero-order chi connectivity index (χ0) is 29.6. The standard InChI is InChI=1S/C27H22F6N8O/c28-26(29,30)21-2-1-17(12-36-21)24(15-4-7-42-8-5-15)40-14-19(13-37-40)18-9-20(41-23(11-18)38-25(34)39-41)16-3-6-35-22(10-16)27(31,32)33/h1-3,6,9-15,24H,4-5,7-8H2,(H2,34,39). The van der Waals surface area contributed by atoms with Gasteiger partial charge < -0.3 is 10.5 Å². The van der Waals surface area contributed by atoms with Crippen molar-refractivity contribution in [2.75, 3.05) is 18.9 Å². The van der Waals surface area contributed by atoms with E-state index >= 15 is 0 Å². The molecule has 1 aliphatic rings. The zero-order valence-corrected chi connectivity index (χ0v) is 21.6. The molecular formula is C27H22F6N8O. The van der Waals surface area contributed by atoms with Gasteiger partial charge in [0.05, 0.1) is 17.9 Å². The van der Waals surface area contributed by atoms with Crippen molar-refractivity contribution in [3.05, 3.63) is 78.1 Å². The van der Waals surface area contributed by atoms with E-state index in [0.717, 1.165) is 18.3 Å². The van der Waals surface area contributed by atoms with Crippen LogP contribution >= 0.6 is 0 Å². The highest BCUT2D eigenvalue weighted by Crippen LogP contribution is 2.37. The minimum absolute atomic E-state index is 0.0111. The van der Waals surface area contributed by atoms with Crippen LogP contribution in [0.4, 0.5) is 32.3 Å². The molecule has 2 N–H and O–H groups in total. The Hall–Kier alpha value is -4.53. The minimum atomic E-state index is -4.65. The van der Waals surface area contributed by atoms with Gasteiger partial charge in [-0.05, 0) is 60.2 Å². The number of rotatable bonds is 5. The van der Waals surface area contributed by atoms with Gasteiger partial charge in [0.15, 0.2) is 5.65 Å². The van der Waals surface area contributed by atoms with E-state index in [-0.39, 0.29) is 17.4 Å². The molecule has 1 fully saturated rings. The second kappa shape index (κ2) is 10.4. The Bertz CT molecular complexity index is 1720. The summed E-state index contributed by atoms with van der Waals surface area (Å²) in [7, 11) is 0. The monoisotopic (exact) mass is 588 g/mol. The Morgan fingerprint density at radius 2 is 1.62 bits per heavy atom. The largest absolute Gasteiger partial charge is 0.433 e. The van der Waals surface area contributed by atoms with Gasteiger partial charge in [0.25, 0.3) is 0 Å². The lowest BCUT2D eigenvalue weighted by Crippen LogP contribution is -2.27. The first kappa shape index (κ1) is 27.6. The van der Waals surface area contributed by atoms with Gasteiger partial charge in [-0.25, -0.2) is 4.52 Å². The molecule has 0 amide bonds. The summed E-state index contributed by atoms with van der Waals surface area (Å²) in [4.78, 5) is 11.3. The van der Waals surface area contributed by atoms with Crippen LogP contribution < -0.4 is 5.73 Å². The van der Waals surface area contributed by atoms with Gasteiger partial charge in [-0.3, -0.25) is 14.6 Å². The second-order valence-electron chi connectivity index (χ2n) is 9.87. The molecule has 5 aromatic rings. The van der Waals surface area contributed by atoms with Crippen molar-refractivity contribution in [3.8, 4) is 22.4 Å². The zero-order valence-electron chi connectivity index (χ0n) is 21.6. The number of hydrogen-bond acceptors (Lipinski definition) is 7. The average molecular weight is 589 g/mol. The number of anilines is 1. The third kappa shape index (κ3) is 5.38. The van der Waals surface area contributed by atoms with Crippen molar-refractivity contribution in [2.45, 2.75) is 31.2 Å². The molecule has 0 aromatic carbocycles. The maximum absolute atomic E-state index is 13.4. The lowest BCUT2D eigenvalue weighted by atomic mass is 9.87. The Labute approximate surface area is 234 Å². The van der Waals surface area contributed by atoms with E-state index in [1.807, 2.05) is 0 Å². The third-order valence-corrected chi connectivity index (χ3v) is 7.15. The number of nitrogen functional groups attached to an aromatic ring is 1. The first-order valence-electron chi connectivity index (χ1n) is 12.8. The fourth-order valence-corrected chi connectivity index (χ4v) is 5.18. The predicted octanol–water partition coefficient (Wildman–Crippen LogP) is 5.69. The summed E-state index contributed by atoms with van der Waals surface area (Å²) in [5.74, 6) is -0.0550. The van der Waals surface area contributed by atoms with Crippen molar-refractivity contribution in [1.82, 2.24) is 34.3 Å². The lowest BCUT2D eigenvalue weighted by Gasteiger charge is -2.30. The normalized spacial score (nSPS) is 15.8. The number of aromatic nitrogens is 7. The molecule has 9 nitrogen and oxygen atoms in total. The molecule has 5 aromatic heterocycles. The van der Waals surface area contributed by atoms with Crippen LogP contribution in [0.1, 0.15) is 35.8 Å². The van der Waals surface area contributed by atoms with Crippen molar-refractivity contribution in [3.63, 3.8) is 0 Å². The number of ether oxygens (including phenoxy) is 1. The van der Waals surface area contributed by atoms with E-state index in [4.69, 9.17) is 10.5 Å². The van der Waals surface area contributed by atoms with Crippen LogP contribution in [0.15, 0.2) is 61.2 Å². The lowest BCUT2D eigenvalue weighted by molar-refractivity contribution is -0.141. The van der Waals surface area contributed by atoms with Crippen molar-refractivity contribution in [2.24, 2.45) is 5.92 Å². The summed E-state index contributed by atoms with van der Waals surface area (Å²) in [5.41, 5.74) is 6.27. The number of nitrogens with two attached hydrogens (primary N) is 1. The van der Waals surface area contributed by atoms with Crippen LogP contribution in [0.2, 0.25) is 0 Å². The number of halogens is 6. The second-order valence-corrected chi connectivity index (χ2v) is 9.87. The maximum Gasteiger partial charge on any atom is 0.433 e. The SMILES string of the molecule is Nc1nc2cc(-c3cnn(C(c4ccc(C(F)(F)F)nc4)C4CCOCC4)c3)cc(-c3ccnc(C(F)(F)F)c3)n2n1. The molecule has 1 atom stereocenters. The average Bonchev–Trinajstić information content (AvgIpc) is 3.59. The van der Waals surface area contributed by atoms with Crippen LogP contribution in [0.5, 0.6) is 0 Å². The first-order chi connectivity index (χ1) is 20.0. The Kier molecular flexibility index (Phi) is 6.83. The maximum atomic E-state index is 13.4. The predicted molar refractivity (Wildman–Crippen MR) is 138 cm³/mol. The van der Waals surface area contributed by atoms with Gasteiger partial charge in [0.2, 0.25) is 5.95 Å². The van der Waals surface area contributed by atoms with Gasteiger partial charge in [-0.2, -0.15) is 36.4 Å². The van der Waals surface area contributed by atoms with E-state index in [0.29, 0.717) is 54.1 Å². The fourth-order valence-electron chi connectivity index (χ4n) is 5.18. The first-order valence-corrected chi connectivity index (χ1v) is 12.8. The van der Waals surface area contributed by atoms with Crippen LogP contribution in [-0.4, -0.2) is 47.6 Å². The molecule has 1 unspecified atom stereocenters. The van der Waals surface area contributed by atoms with Crippen LogP contribution in [0.25, 0.3) is 28.0 Å². The molecule has 15 heteroatoms. The highest BCUT2D eigenvalue weighted by Gasteiger charge is 2.34. The summed E-state index contributed by atoms with van der Waals surface area (Å²) in [6, 6.07) is 7.57. The molecular weight excluding hydrogens is 566 g/mol. The number of alkyl halides is 6. The van der Waals surface area contributed by atoms with E-state index in [1.165, 1.54) is 22.8 Å². The molecule has 1 saturated heterocycles. The van der Waals surface area contributed by atoms with Crippen LogP contribution in [0, 0.1) is 5.92 Å². The van der Waals surface area contributed by atoms with E-state index in [1.54, 1.807) is 29.2 Å². The molecule has 0 radical (unpaired) electrons. The highest BCUT2D eigenvalue weighted by molar-refractivity contribution is 5.75. The number of nitrogens with zero attached hydrogens (tertiary/aromatic N) is 7. The van der Waals surface area contributed by atoms with Gasteiger partial charge in [-0.15, -0.1) is 5.10 Å². The molecule has 218 valence electrons. The van der Waals surface area contributed by atoms with Crippen LogP contribution in [-0.2, 0) is 17.1 Å². The summed E-state index contributed by atoms with van der Waals surface area (Å²) >= 11 is 0. The molecule has 6 rings (SSSR count). The smallest absolute Gasteiger partial charge is 0.381 e. The Balaban J connectivity index is 1.43. The number of hydrogen-bond donors (Lipinski definition) is 1. The van der Waals surface area contributed by atoms with Crippen molar-refractivity contribution >= 4 is 11.6 Å². The minimum Gasteiger partial charge on any atom is -0.381 e. The topological polar surface area (TPSA) is 109 Å². The van der Waals surface area contributed by atoms with E-state index < -0.39 is 29.8 Å². The summed E-state index contributed by atoms with van der Waals surface area (Å²) in [6.45, 7) is 1.01. The Morgan fingerprint density at radius 3 is 2.31 bits per heavy atom. The van der Waals surface area contributed by atoms with Gasteiger partial charge in [0.1, 0.15) is 11.4 Å². The van der Waals surface area contributed by atoms with Crippen molar-refractivity contribution in [1.29, 1.82) is 0 Å². The van der Waals surface area contributed by atoms with Gasteiger partial charge >= 0.3 is 12.4 Å². The number of fused-ring (bicyclic) bond motifs is 1.